The first-order valence-corrected chi connectivity index (χ1v) is 7.17. The number of hydrogen-bond donors (Lipinski definition) is 1. The largest absolute Gasteiger partial charge is 0.377 e. The molecule has 0 bridgehead atoms. The normalized spacial score (nSPS) is 10.1. The van der Waals surface area contributed by atoms with E-state index in [0.717, 1.165) is 0 Å². The number of carbonyl (C=O) groups excluding carboxylic acids is 2. The molecule has 2 aromatic carbocycles. The molecule has 2 aromatic rings. The van der Waals surface area contributed by atoms with E-state index in [1.165, 1.54) is 25.1 Å². The summed E-state index contributed by atoms with van der Waals surface area (Å²) >= 11 is 0. The van der Waals surface area contributed by atoms with E-state index in [1.807, 2.05) is 0 Å². The van der Waals surface area contributed by atoms with Gasteiger partial charge < -0.3 is 10.2 Å². The molecular formula is C17H17N3O4. The Balaban J connectivity index is 2.32. The van der Waals surface area contributed by atoms with Crippen molar-refractivity contribution in [2.24, 2.45) is 0 Å². The molecule has 0 aliphatic carbocycles. The summed E-state index contributed by atoms with van der Waals surface area (Å²) in [7, 11) is 3.50. The van der Waals surface area contributed by atoms with Crippen molar-refractivity contribution < 1.29 is 14.5 Å². The monoisotopic (exact) mass is 327 g/mol. The lowest BCUT2D eigenvalue weighted by Crippen LogP contribution is -2.18. The number of anilines is 2. The molecule has 0 aliphatic rings. The molecule has 7 heteroatoms. The van der Waals surface area contributed by atoms with Crippen LogP contribution in [0.5, 0.6) is 0 Å². The Bertz CT molecular complexity index is 798. The Kier molecular flexibility index (Phi) is 4.93. The standard InChI is InChI=1S/C17H17N3O4/c1-11(21)12-4-6-13(7-5-12)18-17(22)15-10-14(20(23)24)8-9-16(15)19(2)3/h4-10H,1-3H3,(H,18,22). The second kappa shape index (κ2) is 6.91. The second-order valence-corrected chi connectivity index (χ2v) is 5.44. The molecule has 0 atom stereocenters. The van der Waals surface area contributed by atoms with E-state index in [-0.39, 0.29) is 17.0 Å². The maximum absolute atomic E-state index is 12.5. The molecule has 0 aromatic heterocycles. The van der Waals surface area contributed by atoms with Gasteiger partial charge in [0.05, 0.1) is 10.5 Å². The van der Waals surface area contributed by atoms with Gasteiger partial charge in [-0.25, -0.2) is 0 Å². The van der Waals surface area contributed by atoms with Gasteiger partial charge in [0.15, 0.2) is 5.78 Å². The summed E-state index contributed by atoms with van der Waals surface area (Å²) in [6, 6.07) is 10.6. The van der Waals surface area contributed by atoms with Crippen molar-refractivity contribution in [3.63, 3.8) is 0 Å². The average molecular weight is 327 g/mol. The van der Waals surface area contributed by atoms with Crippen LogP contribution in [0.1, 0.15) is 27.6 Å². The second-order valence-electron chi connectivity index (χ2n) is 5.44. The predicted octanol–water partition coefficient (Wildman–Crippen LogP) is 3.12. The zero-order chi connectivity index (χ0) is 17.9. The van der Waals surface area contributed by atoms with Gasteiger partial charge >= 0.3 is 0 Å². The number of hydrogen-bond acceptors (Lipinski definition) is 5. The van der Waals surface area contributed by atoms with E-state index < -0.39 is 10.8 Å². The summed E-state index contributed by atoms with van der Waals surface area (Å²) < 4.78 is 0. The van der Waals surface area contributed by atoms with Gasteiger partial charge in [-0.15, -0.1) is 0 Å². The number of nitrogens with zero attached hydrogens (tertiary/aromatic N) is 2. The third-order valence-corrected chi connectivity index (χ3v) is 3.47. The molecule has 24 heavy (non-hydrogen) atoms. The lowest BCUT2D eigenvalue weighted by molar-refractivity contribution is -0.384. The van der Waals surface area contributed by atoms with E-state index in [1.54, 1.807) is 43.3 Å². The Morgan fingerprint density at radius 2 is 1.71 bits per heavy atom. The number of benzene rings is 2. The Labute approximate surface area is 139 Å². The van der Waals surface area contributed by atoms with E-state index in [9.17, 15) is 19.7 Å². The molecule has 0 heterocycles. The molecule has 1 N–H and O–H groups in total. The maximum atomic E-state index is 12.5. The van der Waals surface area contributed by atoms with Gasteiger partial charge in [-0.3, -0.25) is 19.7 Å². The smallest absolute Gasteiger partial charge is 0.270 e. The van der Waals surface area contributed by atoms with Gasteiger partial charge in [-0.05, 0) is 37.3 Å². The van der Waals surface area contributed by atoms with Crippen molar-refractivity contribution in [1.82, 2.24) is 0 Å². The van der Waals surface area contributed by atoms with Crippen molar-refractivity contribution in [2.75, 3.05) is 24.3 Å². The van der Waals surface area contributed by atoms with Crippen molar-refractivity contribution in [3.8, 4) is 0 Å². The van der Waals surface area contributed by atoms with Crippen LogP contribution in [0.15, 0.2) is 42.5 Å². The number of non-ortho nitro benzene ring substituents is 1. The van der Waals surface area contributed by atoms with Crippen molar-refractivity contribution in [1.29, 1.82) is 0 Å². The molecule has 124 valence electrons. The number of nitro groups is 1. The number of amides is 1. The van der Waals surface area contributed by atoms with Crippen LogP contribution in [0.25, 0.3) is 0 Å². The van der Waals surface area contributed by atoms with E-state index in [2.05, 4.69) is 5.32 Å². The third kappa shape index (κ3) is 3.75. The van der Waals surface area contributed by atoms with Crippen molar-refractivity contribution >= 4 is 28.8 Å². The Hall–Kier alpha value is -3.22. The summed E-state index contributed by atoms with van der Waals surface area (Å²) in [6.45, 7) is 1.46. The highest BCUT2D eigenvalue weighted by Gasteiger charge is 2.18. The zero-order valence-corrected chi connectivity index (χ0v) is 13.6. The summed E-state index contributed by atoms with van der Waals surface area (Å²) in [5.41, 5.74) is 1.65. The fourth-order valence-corrected chi connectivity index (χ4v) is 2.20. The van der Waals surface area contributed by atoms with Crippen LogP contribution in [-0.2, 0) is 0 Å². The molecule has 0 fully saturated rings. The summed E-state index contributed by atoms with van der Waals surface area (Å²) in [5, 5.41) is 13.6. The Morgan fingerprint density at radius 3 is 2.21 bits per heavy atom. The molecule has 0 aliphatic heterocycles. The highest BCUT2D eigenvalue weighted by molar-refractivity contribution is 6.08. The minimum atomic E-state index is -0.544. The fourth-order valence-electron chi connectivity index (χ4n) is 2.20. The molecule has 0 unspecified atom stereocenters. The van der Waals surface area contributed by atoms with Crippen LogP contribution in [-0.4, -0.2) is 30.7 Å². The van der Waals surface area contributed by atoms with E-state index in [4.69, 9.17) is 0 Å². The topological polar surface area (TPSA) is 92.5 Å². The van der Waals surface area contributed by atoms with Crippen LogP contribution >= 0.6 is 0 Å². The van der Waals surface area contributed by atoms with Gasteiger partial charge in [0, 0.05) is 43.2 Å². The van der Waals surface area contributed by atoms with Crippen LogP contribution in [0.2, 0.25) is 0 Å². The minimum absolute atomic E-state index is 0.0681. The molecule has 7 nitrogen and oxygen atoms in total. The first kappa shape index (κ1) is 17.1. The molecule has 0 saturated carbocycles. The highest BCUT2D eigenvalue weighted by atomic mass is 16.6. The minimum Gasteiger partial charge on any atom is -0.377 e. The quantitative estimate of drug-likeness (QED) is 0.517. The van der Waals surface area contributed by atoms with E-state index in [0.29, 0.717) is 16.9 Å². The average Bonchev–Trinajstić information content (AvgIpc) is 2.54. The van der Waals surface area contributed by atoms with E-state index >= 15 is 0 Å². The zero-order valence-electron chi connectivity index (χ0n) is 13.6. The molecule has 2 rings (SSSR count). The van der Waals surface area contributed by atoms with Crippen molar-refractivity contribution in [2.45, 2.75) is 6.92 Å². The Morgan fingerprint density at radius 1 is 1.08 bits per heavy atom. The number of Topliss-reactive ketones (excluding diaryl/α,β-unsaturated/α-hetero) is 1. The van der Waals surface area contributed by atoms with Gasteiger partial charge in [-0.2, -0.15) is 0 Å². The first-order valence-electron chi connectivity index (χ1n) is 7.17. The number of rotatable bonds is 5. The van der Waals surface area contributed by atoms with Crippen LogP contribution in [0.3, 0.4) is 0 Å². The molecular weight excluding hydrogens is 310 g/mol. The molecule has 0 spiro atoms. The molecule has 1 amide bonds. The number of ketones is 1. The predicted molar refractivity (Wildman–Crippen MR) is 91.8 cm³/mol. The maximum Gasteiger partial charge on any atom is 0.270 e. The van der Waals surface area contributed by atoms with Gasteiger partial charge in [0.25, 0.3) is 11.6 Å². The van der Waals surface area contributed by atoms with Gasteiger partial charge in [0.1, 0.15) is 0 Å². The SMILES string of the molecule is CC(=O)c1ccc(NC(=O)c2cc([N+](=O)[O-])ccc2N(C)C)cc1. The van der Waals surface area contributed by atoms with Crippen LogP contribution < -0.4 is 10.2 Å². The number of nitrogens with one attached hydrogen (secondary N) is 1. The van der Waals surface area contributed by atoms with Crippen LogP contribution in [0, 0.1) is 10.1 Å². The summed E-state index contributed by atoms with van der Waals surface area (Å²) in [5.74, 6) is -0.528. The first-order chi connectivity index (χ1) is 11.3. The van der Waals surface area contributed by atoms with Crippen molar-refractivity contribution in [3.05, 3.63) is 63.7 Å². The number of nitro benzene ring substituents is 1. The number of carbonyl (C=O) groups is 2. The highest BCUT2D eigenvalue weighted by Crippen LogP contribution is 2.25. The van der Waals surface area contributed by atoms with Gasteiger partial charge in [0.2, 0.25) is 0 Å². The molecule has 0 saturated heterocycles. The van der Waals surface area contributed by atoms with Gasteiger partial charge in [-0.1, -0.05) is 0 Å². The summed E-state index contributed by atoms with van der Waals surface area (Å²) in [4.78, 5) is 35.9. The lowest BCUT2D eigenvalue weighted by atomic mass is 10.1. The fraction of sp³-hybridized carbons (Fsp3) is 0.176. The molecule has 0 radical (unpaired) electrons. The lowest BCUT2D eigenvalue weighted by Gasteiger charge is -2.17. The summed E-state index contributed by atoms with van der Waals surface area (Å²) in [6.07, 6.45) is 0. The third-order valence-electron chi connectivity index (χ3n) is 3.47. The van der Waals surface area contributed by atoms with Crippen LogP contribution in [0.4, 0.5) is 17.1 Å².